The van der Waals surface area contributed by atoms with E-state index in [0.717, 1.165) is 31.5 Å². The Morgan fingerprint density at radius 2 is 1.69 bits per heavy atom. The third-order valence-corrected chi connectivity index (χ3v) is 3.58. The van der Waals surface area contributed by atoms with Gasteiger partial charge in [-0.05, 0) is 23.8 Å². The predicted molar refractivity (Wildman–Crippen MR) is 71.8 cm³/mol. The van der Waals surface area contributed by atoms with Crippen molar-refractivity contribution in [3.63, 3.8) is 0 Å². The zero-order valence-corrected chi connectivity index (χ0v) is 12.1. The first kappa shape index (κ1) is 15.9. The zero-order chi connectivity index (χ0) is 12.6. The first-order chi connectivity index (χ1) is 7.47. The van der Waals surface area contributed by atoms with Gasteiger partial charge in [0.15, 0.2) is 0 Å². The zero-order valence-electron chi connectivity index (χ0n) is 12.1. The smallest absolute Gasteiger partial charge is 0.0587 e. The summed E-state index contributed by atoms with van der Waals surface area (Å²) in [5, 5.41) is 3.52. The molecular weight excluding hydrogens is 198 g/mol. The highest BCUT2D eigenvalue weighted by Gasteiger charge is 2.29. The predicted octanol–water partition coefficient (Wildman–Crippen LogP) is 3.32. The molecule has 0 aliphatic carbocycles. The van der Waals surface area contributed by atoms with Gasteiger partial charge in [-0.15, -0.1) is 0 Å². The average molecular weight is 229 g/mol. The van der Waals surface area contributed by atoms with Crippen LogP contribution in [0.1, 0.15) is 47.5 Å². The lowest BCUT2D eigenvalue weighted by Crippen LogP contribution is -2.37. The topological polar surface area (TPSA) is 21.3 Å². The van der Waals surface area contributed by atoms with Crippen molar-refractivity contribution in [2.75, 3.05) is 26.8 Å². The van der Waals surface area contributed by atoms with Crippen LogP contribution in [0, 0.1) is 17.3 Å². The maximum atomic E-state index is 5.06. The minimum atomic E-state index is 0.386. The molecule has 0 bridgehead atoms. The van der Waals surface area contributed by atoms with E-state index in [4.69, 9.17) is 4.74 Å². The number of methoxy groups -OCH3 is 1. The second kappa shape index (κ2) is 8.08. The number of hydrogen-bond acceptors (Lipinski definition) is 2. The summed E-state index contributed by atoms with van der Waals surface area (Å²) >= 11 is 0. The van der Waals surface area contributed by atoms with Gasteiger partial charge >= 0.3 is 0 Å². The lowest BCUT2D eigenvalue weighted by molar-refractivity contribution is 0.138. The summed E-state index contributed by atoms with van der Waals surface area (Å²) in [4.78, 5) is 0. The molecule has 0 aromatic carbocycles. The van der Waals surface area contributed by atoms with Gasteiger partial charge in [0.2, 0.25) is 0 Å². The minimum absolute atomic E-state index is 0.386. The summed E-state index contributed by atoms with van der Waals surface area (Å²) in [7, 11) is 1.75. The second-order valence-corrected chi connectivity index (χ2v) is 5.75. The first-order valence-corrected chi connectivity index (χ1v) is 6.66. The van der Waals surface area contributed by atoms with Crippen molar-refractivity contribution >= 4 is 0 Å². The van der Waals surface area contributed by atoms with Crippen molar-refractivity contribution in [2.45, 2.75) is 47.5 Å². The Morgan fingerprint density at radius 1 is 1.12 bits per heavy atom. The summed E-state index contributed by atoms with van der Waals surface area (Å²) in [6.45, 7) is 14.6. The molecule has 0 heterocycles. The molecule has 0 fully saturated rings. The van der Waals surface area contributed by atoms with E-state index < -0.39 is 0 Å². The fourth-order valence-corrected chi connectivity index (χ4v) is 2.47. The average Bonchev–Trinajstić information content (AvgIpc) is 2.21. The van der Waals surface area contributed by atoms with E-state index in [2.05, 4.69) is 39.9 Å². The highest BCUT2D eigenvalue weighted by Crippen LogP contribution is 2.34. The van der Waals surface area contributed by atoms with E-state index in [0.29, 0.717) is 5.41 Å². The molecule has 0 amide bonds. The summed E-state index contributed by atoms with van der Waals surface area (Å²) in [5.41, 5.74) is 0.386. The van der Waals surface area contributed by atoms with Crippen LogP contribution in [0.25, 0.3) is 0 Å². The van der Waals surface area contributed by atoms with Crippen LogP contribution in [-0.4, -0.2) is 26.8 Å². The fraction of sp³-hybridized carbons (Fsp3) is 1.00. The monoisotopic (exact) mass is 229 g/mol. The molecule has 98 valence electrons. The van der Waals surface area contributed by atoms with Gasteiger partial charge in [-0.1, -0.05) is 47.5 Å². The molecule has 0 radical (unpaired) electrons. The van der Waals surface area contributed by atoms with Crippen LogP contribution in [0.2, 0.25) is 0 Å². The van der Waals surface area contributed by atoms with Gasteiger partial charge < -0.3 is 10.1 Å². The molecule has 1 atom stereocenters. The SMILES string of the molecule is CCC(CC)C(CNCCOC)C(C)(C)C. The minimum Gasteiger partial charge on any atom is -0.383 e. The molecule has 0 rings (SSSR count). The molecule has 2 heteroatoms. The van der Waals surface area contributed by atoms with Crippen LogP contribution in [0.4, 0.5) is 0 Å². The van der Waals surface area contributed by atoms with Crippen molar-refractivity contribution in [1.82, 2.24) is 5.32 Å². The normalized spacial score (nSPS) is 14.4. The van der Waals surface area contributed by atoms with Crippen molar-refractivity contribution in [1.29, 1.82) is 0 Å². The second-order valence-electron chi connectivity index (χ2n) is 5.75. The van der Waals surface area contributed by atoms with Gasteiger partial charge in [-0.25, -0.2) is 0 Å². The molecule has 1 unspecified atom stereocenters. The Balaban J connectivity index is 4.21. The van der Waals surface area contributed by atoms with Gasteiger partial charge in [-0.2, -0.15) is 0 Å². The van der Waals surface area contributed by atoms with Crippen molar-refractivity contribution in [3.05, 3.63) is 0 Å². The molecule has 16 heavy (non-hydrogen) atoms. The van der Waals surface area contributed by atoms with Crippen molar-refractivity contribution in [2.24, 2.45) is 17.3 Å². The summed E-state index contributed by atoms with van der Waals surface area (Å²) in [6.07, 6.45) is 2.56. The van der Waals surface area contributed by atoms with E-state index in [1.165, 1.54) is 12.8 Å². The van der Waals surface area contributed by atoms with Crippen LogP contribution >= 0.6 is 0 Å². The largest absolute Gasteiger partial charge is 0.383 e. The molecule has 0 aliphatic heterocycles. The maximum absolute atomic E-state index is 5.06. The van der Waals surface area contributed by atoms with E-state index >= 15 is 0 Å². The van der Waals surface area contributed by atoms with Crippen LogP contribution in [0.3, 0.4) is 0 Å². The van der Waals surface area contributed by atoms with Gasteiger partial charge in [-0.3, -0.25) is 0 Å². The van der Waals surface area contributed by atoms with E-state index in [1.54, 1.807) is 7.11 Å². The first-order valence-electron chi connectivity index (χ1n) is 6.66. The number of rotatable bonds is 8. The summed E-state index contributed by atoms with van der Waals surface area (Å²) in [5.74, 6) is 1.58. The van der Waals surface area contributed by atoms with Crippen LogP contribution in [0.15, 0.2) is 0 Å². The molecule has 0 saturated heterocycles. The van der Waals surface area contributed by atoms with E-state index in [1.807, 2.05) is 0 Å². The Bertz CT molecular complexity index is 159. The van der Waals surface area contributed by atoms with Gasteiger partial charge in [0, 0.05) is 13.7 Å². The van der Waals surface area contributed by atoms with Crippen molar-refractivity contribution < 1.29 is 4.74 Å². The quantitative estimate of drug-likeness (QED) is 0.645. The Labute approximate surface area is 102 Å². The molecule has 1 N–H and O–H groups in total. The number of hydrogen-bond donors (Lipinski definition) is 1. The van der Waals surface area contributed by atoms with Crippen molar-refractivity contribution in [3.8, 4) is 0 Å². The van der Waals surface area contributed by atoms with Crippen LogP contribution in [-0.2, 0) is 4.74 Å². The van der Waals surface area contributed by atoms with E-state index in [-0.39, 0.29) is 0 Å². The highest BCUT2D eigenvalue weighted by molar-refractivity contribution is 4.81. The molecule has 0 spiro atoms. The molecule has 0 aromatic heterocycles. The molecule has 0 aromatic rings. The van der Waals surface area contributed by atoms with E-state index in [9.17, 15) is 0 Å². The van der Waals surface area contributed by atoms with Crippen LogP contribution < -0.4 is 5.32 Å². The number of ether oxygens (including phenoxy) is 1. The van der Waals surface area contributed by atoms with Gasteiger partial charge in [0.05, 0.1) is 6.61 Å². The molecule has 2 nitrogen and oxygen atoms in total. The lowest BCUT2D eigenvalue weighted by atomic mass is 9.71. The molecule has 0 aliphatic rings. The molecule has 0 saturated carbocycles. The molecular formula is C14H31NO. The summed E-state index contributed by atoms with van der Waals surface area (Å²) in [6, 6.07) is 0. The standard InChI is InChI=1S/C14H31NO/c1-7-12(8-2)13(14(3,4)5)11-15-9-10-16-6/h12-13,15H,7-11H2,1-6H3. The fourth-order valence-electron chi connectivity index (χ4n) is 2.47. The lowest BCUT2D eigenvalue weighted by Gasteiger charge is -2.37. The summed E-state index contributed by atoms with van der Waals surface area (Å²) < 4.78 is 5.06. The Hall–Kier alpha value is -0.0800. The maximum Gasteiger partial charge on any atom is 0.0587 e. The Morgan fingerprint density at radius 3 is 2.06 bits per heavy atom. The van der Waals surface area contributed by atoms with Gasteiger partial charge in [0.25, 0.3) is 0 Å². The number of nitrogens with one attached hydrogen (secondary N) is 1. The third kappa shape index (κ3) is 5.86. The van der Waals surface area contributed by atoms with Crippen LogP contribution in [0.5, 0.6) is 0 Å². The highest BCUT2D eigenvalue weighted by atomic mass is 16.5. The third-order valence-electron chi connectivity index (χ3n) is 3.58. The van der Waals surface area contributed by atoms with Gasteiger partial charge in [0.1, 0.15) is 0 Å². The Kier molecular flexibility index (Phi) is 8.04.